The number of hydrogen-bond acceptors (Lipinski definition) is 5. The van der Waals surface area contributed by atoms with Gasteiger partial charge in [-0.25, -0.2) is 9.97 Å². The first-order valence-corrected chi connectivity index (χ1v) is 7.26. The third-order valence-corrected chi connectivity index (χ3v) is 3.71. The number of nitrogens with one attached hydrogen (secondary N) is 1. The number of imidazole rings is 1. The molecule has 1 aliphatic heterocycles. The van der Waals surface area contributed by atoms with Crippen molar-refractivity contribution in [1.29, 1.82) is 0 Å². The molecule has 1 unspecified atom stereocenters. The first-order chi connectivity index (χ1) is 10.2. The Kier molecular flexibility index (Phi) is 4.06. The van der Waals surface area contributed by atoms with Gasteiger partial charge in [-0.2, -0.15) is 0 Å². The predicted molar refractivity (Wildman–Crippen MR) is 82.5 cm³/mol. The molecule has 0 amide bonds. The van der Waals surface area contributed by atoms with Gasteiger partial charge in [-0.15, -0.1) is 0 Å². The van der Waals surface area contributed by atoms with E-state index < -0.39 is 0 Å². The van der Waals surface area contributed by atoms with Gasteiger partial charge in [0.25, 0.3) is 0 Å². The molecular formula is C15H21N5O. The van der Waals surface area contributed by atoms with E-state index in [1.807, 2.05) is 30.2 Å². The molecule has 21 heavy (non-hydrogen) atoms. The van der Waals surface area contributed by atoms with Crippen molar-refractivity contribution in [3.05, 3.63) is 36.5 Å². The van der Waals surface area contributed by atoms with Crippen LogP contribution in [-0.2, 0) is 11.8 Å². The van der Waals surface area contributed by atoms with Crippen LogP contribution in [-0.4, -0.2) is 40.8 Å². The van der Waals surface area contributed by atoms with Crippen LogP contribution in [0.3, 0.4) is 0 Å². The van der Waals surface area contributed by atoms with E-state index in [-0.39, 0.29) is 6.04 Å². The van der Waals surface area contributed by atoms with Gasteiger partial charge >= 0.3 is 0 Å². The Balaban J connectivity index is 1.65. The smallest absolute Gasteiger partial charge is 0.130 e. The number of nitrogens with zero attached hydrogens (tertiary/aromatic N) is 4. The highest BCUT2D eigenvalue weighted by Gasteiger charge is 2.13. The summed E-state index contributed by atoms with van der Waals surface area (Å²) < 4.78 is 7.38. The van der Waals surface area contributed by atoms with E-state index in [2.05, 4.69) is 39.2 Å². The van der Waals surface area contributed by atoms with E-state index >= 15 is 0 Å². The van der Waals surface area contributed by atoms with Crippen LogP contribution in [0.5, 0.6) is 0 Å². The average Bonchev–Trinajstić information content (AvgIpc) is 2.95. The summed E-state index contributed by atoms with van der Waals surface area (Å²) in [6, 6.07) is 4.26. The Hall–Kier alpha value is -2.08. The molecule has 1 N–H and O–H groups in total. The minimum Gasteiger partial charge on any atom is -0.378 e. The summed E-state index contributed by atoms with van der Waals surface area (Å²) in [5.41, 5.74) is 1.00. The second-order valence-corrected chi connectivity index (χ2v) is 5.27. The van der Waals surface area contributed by atoms with Crippen LogP contribution >= 0.6 is 0 Å². The maximum absolute atomic E-state index is 5.36. The van der Waals surface area contributed by atoms with Crippen LogP contribution < -0.4 is 10.2 Å². The van der Waals surface area contributed by atoms with Gasteiger partial charge in [-0.3, -0.25) is 0 Å². The lowest BCUT2D eigenvalue weighted by Gasteiger charge is -2.27. The maximum Gasteiger partial charge on any atom is 0.130 e. The van der Waals surface area contributed by atoms with E-state index in [9.17, 15) is 0 Å². The summed E-state index contributed by atoms with van der Waals surface area (Å²) >= 11 is 0. The van der Waals surface area contributed by atoms with Gasteiger partial charge in [0.2, 0.25) is 0 Å². The largest absolute Gasteiger partial charge is 0.378 e. The van der Waals surface area contributed by atoms with Crippen molar-refractivity contribution in [2.75, 3.05) is 36.5 Å². The fourth-order valence-electron chi connectivity index (χ4n) is 2.56. The minimum atomic E-state index is 0.140. The summed E-state index contributed by atoms with van der Waals surface area (Å²) in [6.45, 7) is 5.46. The van der Waals surface area contributed by atoms with Crippen LogP contribution in [0.2, 0.25) is 0 Å². The Morgan fingerprint density at radius 2 is 2.05 bits per heavy atom. The molecular weight excluding hydrogens is 266 g/mol. The first kappa shape index (κ1) is 13.9. The molecule has 1 saturated heterocycles. The van der Waals surface area contributed by atoms with Crippen LogP contribution in [0, 0.1) is 0 Å². The average molecular weight is 287 g/mol. The number of aryl methyl sites for hydroxylation is 1. The zero-order valence-corrected chi connectivity index (χ0v) is 12.5. The second-order valence-electron chi connectivity index (χ2n) is 5.27. The van der Waals surface area contributed by atoms with E-state index in [0.29, 0.717) is 0 Å². The molecule has 0 radical (unpaired) electrons. The van der Waals surface area contributed by atoms with E-state index in [4.69, 9.17) is 4.74 Å². The van der Waals surface area contributed by atoms with Crippen LogP contribution in [0.4, 0.5) is 11.5 Å². The number of hydrogen-bond donors (Lipinski definition) is 1. The molecule has 2 aromatic heterocycles. The van der Waals surface area contributed by atoms with Crippen molar-refractivity contribution >= 4 is 11.5 Å². The topological polar surface area (TPSA) is 55.2 Å². The molecule has 3 heterocycles. The zero-order valence-electron chi connectivity index (χ0n) is 12.5. The standard InChI is InChI=1S/C15H21N5O/c1-12(15-16-5-6-19(15)2)18-13-3-4-14(17-11-13)20-7-9-21-10-8-20/h3-6,11-12,18H,7-10H2,1-2H3. The number of morpholine rings is 1. The Bertz CT molecular complexity index is 574. The first-order valence-electron chi connectivity index (χ1n) is 7.26. The normalized spacial score (nSPS) is 16.8. The number of aromatic nitrogens is 3. The van der Waals surface area contributed by atoms with Crippen molar-refractivity contribution in [2.45, 2.75) is 13.0 Å². The fourth-order valence-corrected chi connectivity index (χ4v) is 2.56. The molecule has 2 aromatic rings. The van der Waals surface area contributed by atoms with Crippen LogP contribution in [0.25, 0.3) is 0 Å². The lowest BCUT2D eigenvalue weighted by Crippen LogP contribution is -2.36. The van der Waals surface area contributed by atoms with Gasteiger partial charge in [-0.1, -0.05) is 0 Å². The highest BCUT2D eigenvalue weighted by molar-refractivity contribution is 5.49. The molecule has 1 aliphatic rings. The lowest BCUT2D eigenvalue weighted by molar-refractivity contribution is 0.122. The number of rotatable bonds is 4. The quantitative estimate of drug-likeness (QED) is 0.929. The Morgan fingerprint density at radius 1 is 1.24 bits per heavy atom. The molecule has 0 bridgehead atoms. The van der Waals surface area contributed by atoms with Crippen molar-refractivity contribution in [3.8, 4) is 0 Å². The predicted octanol–water partition coefficient (Wildman–Crippen LogP) is 1.82. The summed E-state index contributed by atoms with van der Waals surface area (Å²) in [6.07, 6.45) is 5.64. The molecule has 3 rings (SSSR count). The third-order valence-electron chi connectivity index (χ3n) is 3.71. The minimum absolute atomic E-state index is 0.140. The van der Waals surface area contributed by atoms with Gasteiger partial charge in [0.1, 0.15) is 11.6 Å². The zero-order chi connectivity index (χ0) is 14.7. The molecule has 6 nitrogen and oxygen atoms in total. The maximum atomic E-state index is 5.36. The van der Waals surface area contributed by atoms with Gasteiger partial charge < -0.3 is 19.5 Å². The second kappa shape index (κ2) is 6.13. The van der Waals surface area contributed by atoms with Gasteiger partial charge in [0, 0.05) is 32.5 Å². The van der Waals surface area contributed by atoms with Crippen molar-refractivity contribution in [1.82, 2.24) is 14.5 Å². The Morgan fingerprint density at radius 3 is 2.67 bits per heavy atom. The number of pyridine rings is 1. The van der Waals surface area contributed by atoms with Crippen LogP contribution in [0.1, 0.15) is 18.8 Å². The molecule has 1 atom stereocenters. The highest BCUT2D eigenvalue weighted by Crippen LogP contribution is 2.19. The van der Waals surface area contributed by atoms with E-state index in [0.717, 1.165) is 43.6 Å². The van der Waals surface area contributed by atoms with Gasteiger partial charge in [0.05, 0.1) is 31.1 Å². The molecule has 0 aliphatic carbocycles. The van der Waals surface area contributed by atoms with Gasteiger partial charge in [-0.05, 0) is 19.1 Å². The molecule has 0 spiro atoms. The summed E-state index contributed by atoms with van der Waals surface area (Å²) in [4.78, 5) is 11.1. The van der Waals surface area contributed by atoms with Gasteiger partial charge in [0.15, 0.2) is 0 Å². The molecule has 112 valence electrons. The lowest BCUT2D eigenvalue weighted by atomic mass is 10.3. The van der Waals surface area contributed by atoms with Crippen molar-refractivity contribution < 1.29 is 4.74 Å². The summed E-state index contributed by atoms with van der Waals surface area (Å²) in [7, 11) is 2.00. The monoisotopic (exact) mass is 287 g/mol. The Labute approximate surface area is 124 Å². The molecule has 1 fully saturated rings. The SMILES string of the molecule is CC(Nc1ccc(N2CCOCC2)nc1)c1nccn1C. The summed E-state index contributed by atoms with van der Waals surface area (Å²) in [5, 5.41) is 3.43. The van der Waals surface area contributed by atoms with Crippen molar-refractivity contribution in [2.24, 2.45) is 7.05 Å². The molecule has 0 saturated carbocycles. The molecule has 0 aromatic carbocycles. The van der Waals surface area contributed by atoms with E-state index in [1.165, 1.54) is 0 Å². The number of anilines is 2. The van der Waals surface area contributed by atoms with E-state index in [1.54, 1.807) is 0 Å². The van der Waals surface area contributed by atoms with Crippen LogP contribution in [0.15, 0.2) is 30.7 Å². The number of ether oxygens (including phenoxy) is 1. The fraction of sp³-hybridized carbons (Fsp3) is 0.467. The molecule has 6 heteroatoms. The summed E-state index contributed by atoms with van der Waals surface area (Å²) in [5.74, 6) is 2.01. The van der Waals surface area contributed by atoms with Crippen molar-refractivity contribution in [3.63, 3.8) is 0 Å². The highest BCUT2D eigenvalue weighted by atomic mass is 16.5. The third kappa shape index (κ3) is 3.16.